The zero-order chi connectivity index (χ0) is 25.6. The Bertz CT molecular complexity index is 975. The largest absolute Gasteiger partial charge is 0.458 e. The molecule has 0 aromatic heterocycles. The van der Waals surface area contributed by atoms with E-state index in [1.165, 1.54) is 6.92 Å². The van der Waals surface area contributed by atoms with Gasteiger partial charge < -0.3 is 14.9 Å². The molecule has 0 heterocycles. The molecule has 34 heavy (non-hydrogen) atoms. The minimum absolute atomic E-state index is 0.108. The summed E-state index contributed by atoms with van der Waals surface area (Å²) in [6, 6.07) is 0. The molecular formula is C24H30Cl2F2O6. The number of rotatable bonds is 3. The normalized spacial score (nSPS) is 52.2. The number of carbonyl (C=O) groups is 3. The van der Waals surface area contributed by atoms with Crippen molar-refractivity contribution in [2.24, 2.45) is 28.6 Å². The van der Waals surface area contributed by atoms with Gasteiger partial charge in [-0.25, -0.2) is 8.78 Å². The molecule has 11 atom stereocenters. The number of Topliss-reactive ketones (excluding diaryl/α,β-unsaturated/α-hetero) is 1. The van der Waals surface area contributed by atoms with E-state index in [9.17, 15) is 24.6 Å². The van der Waals surface area contributed by atoms with Gasteiger partial charge in [0.1, 0.15) is 17.1 Å². The highest BCUT2D eigenvalue weighted by molar-refractivity contribution is 6.40. The van der Waals surface area contributed by atoms with Crippen LogP contribution in [0.5, 0.6) is 0 Å². The number of ketones is 2. The third kappa shape index (κ3) is 2.94. The second-order valence-corrected chi connectivity index (χ2v) is 11.9. The Morgan fingerprint density at radius 3 is 2.44 bits per heavy atom. The Morgan fingerprint density at radius 2 is 1.85 bits per heavy atom. The van der Waals surface area contributed by atoms with Crippen LogP contribution < -0.4 is 0 Å². The molecule has 3 saturated carbocycles. The summed E-state index contributed by atoms with van der Waals surface area (Å²) in [5.74, 6) is -4.48. The number of alkyl halides is 4. The molecule has 0 amide bonds. The van der Waals surface area contributed by atoms with Gasteiger partial charge in [0.05, 0.1) is 11.5 Å². The lowest BCUT2D eigenvalue weighted by molar-refractivity contribution is -0.232. The minimum atomic E-state index is -2.45. The lowest BCUT2D eigenvalue weighted by Crippen LogP contribution is -2.73. The van der Waals surface area contributed by atoms with E-state index in [1.54, 1.807) is 13.8 Å². The fourth-order valence-electron chi connectivity index (χ4n) is 7.78. The number of aliphatic hydroxyl groups excluding tert-OH is 1. The predicted molar refractivity (Wildman–Crippen MR) is 120 cm³/mol. The van der Waals surface area contributed by atoms with Crippen LogP contribution in [0.2, 0.25) is 0 Å². The van der Waals surface area contributed by atoms with Crippen LogP contribution in [-0.2, 0) is 19.1 Å². The van der Waals surface area contributed by atoms with Gasteiger partial charge in [-0.05, 0) is 42.7 Å². The number of carbonyl (C=O) groups excluding carboxylic acids is 3. The number of fused-ring (bicyclic) bond motifs is 5. The van der Waals surface area contributed by atoms with Crippen LogP contribution in [0.15, 0.2) is 11.6 Å². The van der Waals surface area contributed by atoms with Crippen molar-refractivity contribution in [3.63, 3.8) is 0 Å². The van der Waals surface area contributed by atoms with Gasteiger partial charge in [-0.1, -0.05) is 20.8 Å². The van der Waals surface area contributed by atoms with E-state index in [0.29, 0.717) is 0 Å². The molecular weight excluding hydrogens is 493 g/mol. The number of halogens is 4. The van der Waals surface area contributed by atoms with Crippen LogP contribution in [0.25, 0.3) is 0 Å². The summed E-state index contributed by atoms with van der Waals surface area (Å²) in [7, 11) is 0. The Morgan fingerprint density at radius 1 is 1.24 bits per heavy atom. The first kappa shape index (κ1) is 26.0. The molecule has 2 N–H and O–H groups in total. The maximum atomic E-state index is 17.3. The number of hydrogen-bond acceptors (Lipinski definition) is 6. The lowest BCUT2D eigenvalue weighted by atomic mass is 9.43. The molecule has 4 aliphatic carbocycles. The molecule has 4 rings (SSSR count). The van der Waals surface area contributed by atoms with Crippen LogP contribution in [0, 0.1) is 28.6 Å². The number of aliphatic hydroxyl groups is 2. The van der Waals surface area contributed by atoms with Gasteiger partial charge in [0.25, 0.3) is 0 Å². The van der Waals surface area contributed by atoms with E-state index in [2.05, 4.69) is 0 Å². The number of esters is 1. The van der Waals surface area contributed by atoms with Crippen molar-refractivity contribution in [2.45, 2.75) is 81.3 Å². The van der Waals surface area contributed by atoms with Crippen molar-refractivity contribution >= 4 is 40.7 Å². The fourth-order valence-corrected chi connectivity index (χ4v) is 8.51. The van der Waals surface area contributed by atoms with Gasteiger partial charge in [-0.15, -0.1) is 23.2 Å². The van der Waals surface area contributed by atoms with Crippen molar-refractivity contribution in [1.29, 1.82) is 0 Å². The number of allylic oxidation sites excluding steroid dienone is 1. The second-order valence-electron chi connectivity index (χ2n) is 10.9. The molecule has 0 aliphatic heterocycles. The molecule has 0 spiro atoms. The Hall–Kier alpha value is -1.09. The monoisotopic (exact) mass is 522 g/mol. The molecule has 10 heteroatoms. The molecule has 2 unspecified atom stereocenters. The molecule has 0 saturated heterocycles. The van der Waals surface area contributed by atoms with E-state index >= 15 is 8.78 Å². The molecule has 0 radical (unpaired) electrons. The first-order valence-electron chi connectivity index (χ1n) is 11.5. The van der Waals surface area contributed by atoms with E-state index in [1.807, 2.05) is 0 Å². The summed E-state index contributed by atoms with van der Waals surface area (Å²) < 4.78 is 37.8. The smallest absolute Gasteiger partial charge is 0.303 e. The van der Waals surface area contributed by atoms with Crippen LogP contribution in [0.3, 0.4) is 0 Å². The Labute approximate surface area is 207 Å². The van der Waals surface area contributed by atoms with E-state index in [-0.39, 0.29) is 24.8 Å². The summed E-state index contributed by atoms with van der Waals surface area (Å²) in [5.41, 5.74) is -7.66. The van der Waals surface area contributed by atoms with Gasteiger partial charge in [0.15, 0.2) is 18.1 Å². The van der Waals surface area contributed by atoms with Gasteiger partial charge in [0, 0.05) is 23.7 Å². The van der Waals surface area contributed by atoms with Crippen molar-refractivity contribution in [3.05, 3.63) is 11.6 Å². The fraction of sp³-hybridized carbons (Fsp3) is 0.792. The number of hydrogen-bond donors (Lipinski definition) is 2. The summed E-state index contributed by atoms with van der Waals surface area (Å²) in [4.78, 5) is 36.6. The summed E-state index contributed by atoms with van der Waals surface area (Å²) in [6.07, 6.45) is -2.85. The summed E-state index contributed by atoms with van der Waals surface area (Å²) in [6.45, 7) is 5.13. The van der Waals surface area contributed by atoms with Crippen molar-refractivity contribution in [1.82, 2.24) is 0 Å². The third-order valence-corrected chi connectivity index (χ3v) is 10.8. The Balaban J connectivity index is 1.82. The van der Waals surface area contributed by atoms with Crippen molar-refractivity contribution in [3.8, 4) is 0 Å². The third-order valence-electron chi connectivity index (χ3n) is 9.54. The highest BCUT2D eigenvalue weighted by Crippen LogP contribution is 2.72. The van der Waals surface area contributed by atoms with Crippen LogP contribution >= 0.6 is 23.2 Å². The van der Waals surface area contributed by atoms with Crippen LogP contribution in [0.1, 0.15) is 47.0 Å². The average Bonchev–Trinajstić information content (AvgIpc) is 2.96. The maximum absolute atomic E-state index is 17.3. The Kier molecular flexibility index (Phi) is 6.08. The van der Waals surface area contributed by atoms with E-state index in [0.717, 1.165) is 13.0 Å². The summed E-state index contributed by atoms with van der Waals surface area (Å²) in [5, 5.41) is 20.4. The lowest BCUT2D eigenvalue weighted by Gasteiger charge is -2.65. The van der Waals surface area contributed by atoms with Crippen molar-refractivity contribution in [2.75, 3.05) is 6.61 Å². The van der Waals surface area contributed by atoms with Crippen LogP contribution in [-0.4, -0.2) is 68.7 Å². The van der Waals surface area contributed by atoms with Gasteiger partial charge in [0.2, 0.25) is 5.78 Å². The zero-order valence-electron chi connectivity index (χ0n) is 19.5. The topological polar surface area (TPSA) is 101 Å². The minimum Gasteiger partial charge on any atom is -0.458 e. The summed E-state index contributed by atoms with van der Waals surface area (Å²) >= 11 is 12.7. The molecule has 3 fully saturated rings. The highest BCUT2D eigenvalue weighted by Gasteiger charge is 2.78. The standard InChI is InChI=1S/C24H30Cl2F2O6/c1-10-5-12-13-6-15(27)14-7-16(30)19(25)20(26)22(14,4)23(13,28)17(31)8-21(12,3)24(10,33)18(32)9-34-11(2)29/h7,10,12-13,15,17,19-20,31,33H,5-6,8-9H2,1-4H3/t10-,12+,13+,15+,17+,19?,20?,21+,22-,23+,24+/m1/s1. The SMILES string of the molecule is CC(=O)OCC(=O)[C@@]1(O)[C@H](C)C[C@H]2[C@@H]3C[C@H](F)C4=CC(=O)C(Cl)C(Cl)[C@]4(C)[C@@]3(F)[C@@H](O)C[C@@]21C. The molecule has 6 nitrogen and oxygen atoms in total. The molecule has 190 valence electrons. The molecule has 0 bridgehead atoms. The van der Waals surface area contributed by atoms with Crippen LogP contribution in [0.4, 0.5) is 8.78 Å². The second kappa shape index (κ2) is 7.95. The molecule has 4 aliphatic rings. The van der Waals surface area contributed by atoms with E-state index in [4.69, 9.17) is 27.9 Å². The first-order chi connectivity index (χ1) is 15.6. The van der Waals surface area contributed by atoms with Gasteiger partial charge in [-0.3, -0.25) is 14.4 Å². The quantitative estimate of drug-likeness (QED) is 0.436. The molecule has 0 aromatic carbocycles. The van der Waals surface area contributed by atoms with Gasteiger partial charge in [-0.2, -0.15) is 0 Å². The number of ether oxygens (including phenoxy) is 1. The maximum Gasteiger partial charge on any atom is 0.303 e. The first-order valence-corrected chi connectivity index (χ1v) is 12.4. The molecule has 0 aromatic rings. The van der Waals surface area contributed by atoms with E-state index < -0.39 is 87.0 Å². The van der Waals surface area contributed by atoms with Gasteiger partial charge >= 0.3 is 5.97 Å². The zero-order valence-corrected chi connectivity index (χ0v) is 21.0. The predicted octanol–water partition coefficient (Wildman–Crippen LogP) is 3.07. The van der Waals surface area contributed by atoms with Crippen molar-refractivity contribution < 1.29 is 38.1 Å². The highest BCUT2D eigenvalue weighted by atomic mass is 35.5. The average molecular weight is 523 g/mol.